The van der Waals surface area contributed by atoms with Gasteiger partial charge in [0.05, 0.1) is 12.4 Å². The average Bonchev–Trinajstić information content (AvgIpc) is 2.85. The summed E-state index contributed by atoms with van der Waals surface area (Å²) >= 11 is 0. The number of nitrogens with two attached hydrogens (primary N) is 1. The molecule has 0 amide bonds. The first-order chi connectivity index (χ1) is 8.31. The summed E-state index contributed by atoms with van der Waals surface area (Å²) in [5.41, 5.74) is 5.55. The first-order valence-corrected chi connectivity index (χ1v) is 6.25. The highest BCUT2D eigenvalue weighted by Gasteiger charge is 2.24. The van der Waals surface area contributed by atoms with Gasteiger partial charge < -0.3 is 10.6 Å². The summed E-state index contributed by atoms with van der Waals surface area (Å²) in [6.07, 6.45) is 8.23. The van der Waals surface area contributed by atoms with Gasteiger partial charge in [-0.15, -0.1) is 0 Å². The Balaban J connectivity index is 2.10. The zero-order valence-corrected chi connectivity index (χ0v) is 9.98. The van der Waals surface area contributed by atoms with E-state index in [1.54, 1.807) is 0 Å². The number of nitrogens with zero attached hydrogens (tertiary/aromatic N) is 3. The van der Waals surface area contributed by atoms with Crippen molar-refractivity contribution < 1.29 is 4.39 Å². The molecule has 17 heavy (non-hydrogen) atoms. The summed E-state index contributed by atoms with van der Waals surface area (Å²) in [4.78, 5) is 10.3. The van der Waals surface area contributed by atoms with Crippen LogP contribution in [0.5, 0.6) is 0 Å². The van der Waals surface area contributed by atoms with Gasteiger partial charge in [-0.25, -0.2) is 14.4 Å². The van der Waals surface area contributed by atoms with Crippen LogP contribution < -0.4 is 10.6 Å². The van der Waals surface area contributed by atoms with Crippen LogP contribution in [0.2, 0.25) is 0 Å². The molecule has 0 aliphatic heterocycles. The first-order valence-electron chi connectivity index (χ1n) is 6.25. The molecule has 1 saturated carbocycles. The Morgan fingerprint density at radius 3 is 2.53 bits per heavy atom. The molecule has 0 spiro atoms. The average molecular weight is 238 g/mol. The second-order valence-corrected chi connectivity index (χ2v) is 4.48. The molecule has 0 radical (unpaired) electrons. The summed E-state index contributed by atoms with van der Waals surface area (Å²) in [5, 5.41) is 0. The van der Waals surface area contributed by atoms with E-state index in [0.29, 0.717) is 18.5 Å². The predicted octanol–water partition coefficient (Wildman–Crippen LogP) is 1.71. The highest BCUT2D eigenvalue weighted by atomic mass is 19.1. The molecule has 4 nitrogen and oxygen atoms in total. The lowest BCUT2D eigenvalue weighted by molar-refractivity contribution is 0.570. The van der Waals surface area contributed by atoms with Gasteiger partial charge in [-0.05, 0) is 25.8 Å². The minimum absolute atomic E-state index is 0.390. The van der Waals surface area contributed by atoms with Crippen molar-refractivity contribution in [2.75, 3.05) is 18.0 Å². The smallest absolute Gasteiger partial charge is 0.225 e. The van der Waals surface area contributed by atoms with Gasteiger partial charge in [0.15, 0.2) is 5.82 Å². The van der Waals surface area contributed by atoms with Crippen LogP contribution >= 0.6 is 0 Å². The number of rotatable bonds is 5. The molecule has 1 aromatic heterocycles. The van der Waals surface area contributed by atoms with Crippen molar-refractivity contribution >= 4 is 5.95 Å². The van der Waals surface area contributed by atoms with Crippen molar-refractivity contribution in [1.82, 2.24) is 9.97 Å². The van der Waals surface area contributed by atoms with Crippen LogP contribution in [-0.2, 0) is 0 Å². The van der Waals surface area contributed by atoms with E-state index in [2.05, 4.69) is 14.9 Å². The number of aromatic nitrogens is 2. The second-order valence-electron chi connectivity index (χ2n) is 4.48. The van der Waals surface area contributed by atoms with Gasteiger partial charge in [-0.2, -0.15) is 0 Å². The van der Waals surface area contributed by atoms with Crippen LogP contribution in [-0.4, -0.2) is 29.1 Å². The van der Waals surface area contributed by atoms with Gasteiger partial charge in [0.1, 0.15) is 0 Å². The van der Waals surface area contributed by atoms with Crippen LogP contribution in [0.25, 0.3) is 0 Å². The number of hydrogen-bond donors (Lipinski definition) is 1. The van der Waals surface area contributed by atoms with Gasteiger partial charge in [0, 0.05) is 12.6 Å². The van der Waals surface area contributed by atoms with Crippen LogP contribution in [0.1, 0.15) is 32.1 Å². The molecule has 0 saturated heterocycles. The molecule has 1 aliphatic rings. The third kappa shape index (κ3) is 3.12. The second kappa shape index (κ2) is 5.91. The fourth-order valence-electron chi connectivity index (χ4n) is 2.38. The molecule has 2 N–H and O–H groups in total. The third-order valence-electron chi connectivity index (χ3n) is 3.23. The van der Waals surface area contributed by atoms with Crippen LogP contribution in [0.3, 0.4) is 0 Å². The van der Waals surface area contributed by atoms with E-state index in [1.807, 2.05) is 0 Å². The zero-order valence-electron chi connectivity index (χ0n) is 9.98. The van der Waals surface area contributed by atoms with Crippen molar-refractivity contribution in [1.29, 1.82) is 0 Å². The van der Waals surface area contributed by atoms with E-state index in [4.69, 9.17) is 5.73 Å². The zero-order chi connectivity index (χ0) is 12.1. The lowest BCUT2D eigenvalue weighted by Crippen LogP contribution is -2.36. The van der Waals surface area contributed by atoms with Crippen molar-refractivity contribution in [3.05, 3.63) is 18.2 Å². The molecule has 1 heterocycles. The Morgan fingerprint density at radius 2 is 1.94 bits per heavy atom. The first kappa shape index (κ1) is 12.2. The molecule has 0 unspecified atom stereocenters. The summed E-state index contributed by atoms with van der Waals surface area (Å²) in [6.45, 7) is 1.51. The molecule has 0 atom stereocenters. The van der Waals surface area contributed by atoms with Crippen molar-refractivity contribution in [2.45, 2.75) is 38.1 Å². The molecule has 2 rings (SSSR count). The van der Waals surface area contributed by atoms with E-state index in [-0.39, 0.29) is 5.82 Å². The maximum atomic E-state index is 12.8. The number of halogens is 1. The molecular weight excluding hydrogens is 219 g/mol. The van der Waals surface area contributed by atoms with Crippen LogP contribution in [0, 0.1) is 5.82 Å². The van der Waals surface area contributed by atoms with Gasteiger partial charge in [-0.3, -0.25) is 0 Å². The van der Waals surface area contributed by atoms with Gasteiger partial charge in [0.25, 0.3) is 0 Å². The summed E-state index contributed by atoms with van der Waals surface area (Å²) in [7, 11) is 0. The lowest BCUT2D eigenvalue weighted by atomic mass is 10.2. The SMILES string of the molecule is NCCCN(c1ncc(F)cn1)C1CCCC1. The van der Waals surface area contributed by atoms with Crippen LogP contribution in [0.15, 0.2) is 12.4 Å². The van der Waals surface area contributed by atoms with Crippen molar-refractivity contribution in [2.24, 2.45) is 5.73 Å². The minimum atomic E-state index is -0.390. The van der Waals surface area contributed by atoms with E-state index in [0.717, 1.165) is 13.0 Å². The van der Waals surface area contributed by atoms with Crippen molar-refractivity contribution in [3.63, 3.8) is 0 Å². The summed E-state index contributed by atoms with van der Waals surface area (Å²) in [5.74, 6) is 0.241. The summed E-state index contributed by atoms with van der Waals surface area (Å²) < 4.78 is 12.8. The monoisotopic (exact) mass is 238 g/mol. The molecule has 0 bridgehead atoms. The van der Waals surface area contributed by atoms with E-state index in [1.165, 1.54) is 38.1 Å². The molecule has 5 heteroatoms. The Kier molecular flexibility index (Phi) is 4.25. The third-order valence-corrected chi connectivity index (χ3v) is 3.23. The highest BCUT2D eigenvalue weighted by molar-refractivity contribution is 5.31. The molecular formula is C12H19FN4. The molecule has 1 aromatic rings. The topological polar surface area (TPSA) is 55.0 Å². The van der Waals surface area contributed by atoms with Crippen molar-refractivity contribution in [3.8, 4) is 0 Å². The van der Waals surface area contributed by atoms with Gasteiger partial charge in [-0.1, -0.05) is 12.8 Å². The fraction of sp³-hybridized carbons (Fsp3) is 0.667. The highest BCUT2D eigenvalue weighted by Crippen LogP contribution is 2.26. The normalized spacial score (nSPS) is 16.4. The van der Waals surface area contributed by atoms with Crippen LogP contribution in [0.4, 0.5) is 10.3 Å². The van der Waals surface area contributed by atoms with E-state index < -0.39 is 0 Å². The van der Waals surface area contributed by atoms with E-state index >= 15 is 0 Å². The largest absolute Gasteiger partial charge is 0.338 e. The molecule has 0 aromatic carbocycles. The number of hydrogen-bond acceptors (Lipinski definition) is 4. The van der Waals surface area contributed by atoms with Gasteiger partial charge >= 0.3 is 0 Å². The Hall–Kier alpha value is -1.23. The number of anilines is 1. The molecule has 94 valence electrons. The fourth-order valence-corrected chi connectivity index (χ4v) is 2.38. The predicted molar refractivity (Wildman–Crippen MR) is 65.3 cm³/mol. The Morgan fingerprint density at radius 1 is 1.29 bits per heavy atom. The maximum absolute atomic E-state index is 12.8. The Labute approximate surface area is 101 Å². The van der Waals surface area contributed by atoms with E-state index in [9.17, 15) is 4.39 Å². The lowest BCUT2D eigenvalue weighted by Gasteiger charge is -2.28. The Bertz CT molecular complexity index is 335. The maximum Gasteiger partial charge on any atom is 0.225 e. The minimum Gasteiger partial charge on any atom is -0.338 e. The standard InChI is InChI=1S/C12H19FN4/c13-10-8-15-12(16-9-10)17(7-3-6-14)11-4-1-2-5-11/h8-9,11H,1-7,14H2. The molecule has 1 aliphatic carbocycles. The van der Waals surface area contributed by atoms with Gasteiger partial charge in [0.2, 0.25) is 5.95 Å². The molecule has 1 fully saturated rings. The quantitative estimate of drug-likeness (QED) is 0.848. The summed E-state index contributed by atoms with van der Waals surface area (Å²) in [6, 6.07) is 0.493.